The standard InChI is InChI=1S/C24H23ClN4O2/c1-27-21-13-18(25)14-26-22(21)29(24(31)23(27)30)19-9-11-28(12-10-19)15-17-7-4-6-16-5-2-3-8-20(16)17/h2-8,13-14,19H,9-12,15H2,1H3. The molecule has 0 unspecified atom stereocenters. The largest absolute Gasteiger partial charge is 0.318 e. The van der Waals surface area contributed by atoms with Crippen molar-refractivity contribution in [2.24, 2.45) is 7.05 Å². The number of halogens is 1. The van der Waals surface area contributed by atoms with Crippen LogP contribution in [-0.2, 0) is 13.6 Å². The molecule has 2 aromatic heterocycles. The second-order valence-electron chi connectivity index (χ2n) is 8.18. The summed E-state index contributed by atoms with van der Waals surface area (Å²) in [7, 11) is 1.58. The van der Waals surface area contributed by atoms with Crippen LogP contribution >= 0.6 is 11.6 Å². The highest BCUT2D eigenvalue weighted by molar-refractivity contribution is 6.31. The number of nitrogens with zero attached hydrogens (tertiary/aromatic N) is 4. The van der Waals surface area contributed by atoms with Crippen molar-refractivity contribution < 1.29 is 0 Å². The van der Waals surface area contributed by atoms with Gasteiger partial charge in [-0.3, -0.25) is 19.1 Å². The number of hydrogen-bond acceptors (Lipinski definition) is 4. The summed E-state index contributed by atoms with van der Waals surface area (Å²) in [6, 6.07) is 16.5. The molecule has 1 saturated heterocycles. The smallest absolute Gasteiger partial charge is 0.304 e. The summed E-state index contributed by atoms with van der Waals surface area (Å²) in [5.41, 5.74) is 1.34. The minimum atomic E-state index is -0.547. The van der Waals surface area contributed by atoms with Crippen molar-refractivity contribution in [3.8, 4) is 0 Å². The lowest BCUT2D eigenvalue weighted by Gasteiger charge is -2.33. The van der Waals surface area contributed by atoms with Crippen LogP contribution < -0.4 is 11.1 Å². The first-order valence-corrected chi connectivity index (χ1v) is 10.9. The Morgan fingerprint density at radius 1 is 1.03 bits per heavy atom. The molecule has 158 valence electrons. The van der Waals surface area contributed by atoms with Gasteiger partial charge in [-0.1, -0.05) is 54.1 Å². The van der Waals surface area contributed by atoms with E-state index in [1.165, 1.54) is 27.1 Å². The van der Waals surface area contributed by atoms with Gasteiger partial charge in [-0.15, -0.1) is 0 Å². The third-order valence-corrected chi connectivity index (χ3v) is 6.51. The zero-order valence-electron chi connectivity index (χ0n) is 17.3. The molecule has 4 aromatic rings. The van der Waals surface area contributed by atoms with E-state index >= 15 is 0 Å². The summed E-state index contributed by atoms with van der Waals surface area (Å²) in [4.78, 5) is 32.2. The quantitative estimate of drug-likeness (QED) is 0.461. The molecular weight excluding hydrogens is 412 g/mol. The van der Waals surface area contributed by atoms with E-state index in [4.69, 9.17) is 11.6 Å². The second-order valence-corrected chi connectivity index (χ2v) is 8.62. The summed E-state index contributed by atoms with van der Waals surface area (Å²) >= 11 is 6.09. The fourth-order valence-corrected chi connectivity index (χ4v) is 4.80. The molecule has 0 atom stereocenters. The fraction of sp³-hybridized carbons (Fsp3) is 0.292. The molecule has 0 amide bonds. The van der Waals surface area contributed by atoms with E-state index in [0.717, 1.165) is 32.5 Å². The van der Waals surface area contributed by atoms with Crippen LogP contribution in [0.4, 0.5) is 0 Å². The van der Waals surface area contributed by atoms with E-state index in [-0.39, 0.29) is 6.04 Å². The average Bonchev–Trinajstić information content (AvgIpc) is 2.79. The van der Waals surface area contributed by atoms with Gasteiger partial charge in [0.15, 0.2) is 5.65 Å². The number of pyridine rings is 1. The van der Waals surface area contributed by atoms with Gasteiger partial charge < -0.3 is 4.57 Å². The van der Waals surface area contributed by atoms with Crippen LogP contribution in [0.3, 0.4) is 0 Å². The highest BCUT2D eigenvalue weighted by Gasteiger charge is 2.25. The SMILES string of the molecule is Cn1c(=O)c(=O)n(C2CCN(Cc3cccc4ccccc34)CC2)c2ncc(Cl)cc21. The lowest BCUT2D eigenvalue weighted by Crippen LogP contribution is -2.45. The van der Waals surface area contributed by atoms with Crippen molar-refractivity contribution in [3.63, 3.8) is 0 Å². The molecule has 31 heavy (non-hydrogen) atoms. The van der Waals surface area contributed by atoms with Gasteiger partial charge >= 0.3 is 11.1 Å². The average molecular weight is 435 g/mol. The third-order valence-electron chi connectivity index (χ3n) is 6.31. The van der Waals surface area contributed by atoms with Gasteiger partial charge in [0.1, 0.15) is 0 Å². The van der Waals surface area contributed by atoms with Gasteiger partial charge in [0.25, 0.3) is 0 Å². The molecular formula is C24H23ClN4O2. The van der Waals surface area contributed by atoms with Crippen molar-refractivity contribution in [3.05, 3.63) is 86.0 Å². The number of benzene rings is 2. The number of piperidine rings is 1. The third kappa shape index (κ3) is 3.56. The Balaban J connectivity index is 1.42. The Hall–Kier alpha value is -2.96. The van der Waals surface area contributed by atoms with Crippen molar-refractivity contribution in [1.29, 1.82) is 0 Å². The lowest BCUT2D eigenvalue weighted by molar-refractivity contribution is 0.180. The number of aryl methyl sites for hydroxylation is 1. The molecule has 7 heteroatoms. The van der Waals surface area contributed by atoms with Crippen molar-refractivity contribution in [1.82, 2.24) is 19.0 Å². The first-order chi connectivity index (χ1) is 15.0. The Morgan fingerprint density at radius 3 is 2.58 bits per heavy atom. The van der Waals surface area contributed by atoms with Gasteiger partial charge in [-0.25, -0.2) is 4.98 Å². The fourth-order valence-electron chi connectivity index (χ4n) is 4.65. The van der Waals surface area contributed by atoms with Crippen LogP contribution in [-0.4, -0.2) is 32.1 Å². The molecule has 2 aromatic carbocycles. The van der Waals surface area contributed by atoms with E-state index in [1.54, 1.807) is 17.7 Å². The molecule has 0 N–H and O–H groups in total. The topological polar surface area (TPSA) is 60.1 Å². The number of likely N-dealkylation sites (tertiary alicyclic amines) is 1. The monoisotopic (exact) mass is 434 g/mol. The maximum absolute atomic E-state index is 12.8. The molecule has 0 spiro atoms. The van der Waals surface area contributed by atoms with Gasteiger partial charge in [0.05, 0.1) is 10.5 Å². The summed E-state index contributed by atoms with van der Waals surface area (Å²) in [5, 5.41) is 2.97. The van der Waals surface area contributed by atoms with E-state index in [1.807, 2.05) is 0 Å². The van der Waals surface area contributed by atoms with Crippen molar-refractivity contribution in [2.75, 3.05) is 13.1 Å². The molecule has 0 aliphatic carbocycles. The number of fused-ring (bicyclic) bond motifs is 2. The van der Waals surface area contributed by atoms with Crippen molar-refractivity contribution >= 4 is 33.5 Å². The second kappa shape index (κ2) is 7.94. The highest BCUT2D eigenvalue weighted by atomic mass is 35.5. The molecule has 5 rings (SSSR count). The van der Waals surface area contributed by atoms with E-state index in [0.29, 0.717) is 16.2 Å². The zero-order valence-corrected chi connectivity index (χ0v) is 18.0. The Bertz CT molecular complexity index is 1400. The molecule has 0 saturated carbocycles. The predicted octanol–water partition coefficient (Wildman–Crippen LogP) is 3.74. The molecule has 0 radical (unpaired) electrons. The summed E-state index contributed by atoms with van der Waals surface area (Å²) in [6.07, 6.45) is 3.11. The van der Waals surface area contributed by atoms with Gasteiger partial charge in [-0.2, -0.15) is 0 Å². The highest BCUT2D eigenvalue weighted by Crippen LogP contribution is 2.27. The molecule has 1 aliphatic heterocycles. The van der Waals surface area contributed by atoms with E-state index in [2.05, 4.69) is 52.3 Å². The Kier molecular flexibility index (Phi) is 5.12. The molecule has 6 nitrogen and oxygen atoms in total. The molecule has 0 bridgehead atoms. The van der Waals surface area contributed by atoms with E-state index in [9.17, 15) is 9.59 Å². The van der Waals surface area contributed by atoms with Gasteiger partial charge in [0, 0.05) is 38.9 Å². The van der Waals surface area contributed by atoms with Crippen LogP contribution in [0.1, 0.15) is 24.4 Å². The van der Waals surface area contributed by atoms with Gasteiger partial charge in [-0.05, 0) is 35.2 Å². The normalized spacial score (nSPS) is 15.7. The summed E-state index contributed by atoms with van der Waals surface area (Å²) in [6.45, 7) is 2.57. The summed E-state index contributed by atoms with van der Waals surface area (Å²) in [5.74, 6) is 0. The predicted molar refractivity (Wildman–Crippen MR) is 124 cm³/mol. The minimum absolute atomic E-state index is 0.0543. The first kappa shape index (κ1) is 20.0. The van der Waals surface area contributed by atoms with Crippen LogP contribution in [0, 0.1) is 0 Å². The minimum Gasteiger partial charge on any atom is -0.304 e. The summed E-state index contributed by atoms with van der Waals surface area (Å²) < 4.78 is 2.92. The zero-order chi connectivity index (χ0) is 21.5. The maximum atomic E-state index is 12.8. The van der Waals surface area contributed by atoms with E-state index < -0.39 is 11.1 Å². The van der Waals surface area contributed by atoms with Crippen molar-refractivity contribution in [2.45, 2.75) is 25.4 Å². The molecule has 1 fully saturated rings. The van der Waals surface area contributed by atoms with Gasteiger partial charge in [0.2, 0.25) is 0 Å². The first-order valence-electron chi connectivity index (χ1n) is 10.5. The Morgan fingerprint density at radius 2 is 1.77 bits per heavy atom. The Labute approximate surface area is 184 Å². The number of rotatable bonds is 3. The molecule has 3 heterocycles. The van der Waals surface area contributed by atoms with Crippen LogP contribution in [0.2, 0.25) is 5.02 Å². The van der Waals surface area contributed by atoms with Crippen LogP contribution in [0.25, 0.3) is 21.9 Å². The maximum Gasteiger partial charge on any atom is 0.318 e. The van der Waals surface area contributed by atoms with Crippen LogP contribution in [0.5, 0.6) is 0 Å². The lowest BCUT2D eigenvalue weighted by atomic mass is 10.0. The van der Waals surface area contributed by atoms with Crippen LogP contribution in [0.15, 0.2) is 64.3 Å². The molecule has 1 aliphatic rings. The number of hydrogen-bond donors (Lipinski definition) is 0. The number of aromatic nitrogens is 3.